The summed E-state index contributed by atoms with van der Waals surface area (Å²) in [5.41, 5.74) is -0.401. The molecule has 0 aromatic heterocycles. The number of Topliss-reactive ketones (excluding diaryl/α,β-unsaturated/α-hetero) is 1. The summed E-state index contributed by atoms with van der Waals surface area (Å²) in [4.78, 5) is 23.2. The highest BCUT2D eigenvalue weighted by molar-refractivity contribution is 5.78. The largest absolute Gasteiger partial charge is 0.466 e. The second-order valence-corrected chi connectivity index (χ2v) is 5.81. The topological polar surface area (TPSA) is 43.4 Å². The SMILES string of the molecule is CCCCC(=O)CCCCCC(C)(C)C(=O)OCC. The molecule has 0 saturated carbocycles. The first-order valence-corrected chi connectivity index (χ1v) is 7.63. The summed E-state index contributed by atoms with van der Waals surface area (Å²) in [7, 11) is 0. The molecule has 0 atom stereocenters. The van der Waals surface area contributed by atoms with E-state index in [2.05, 4.69) is 6.92 Å². The highest BCUT2D eigenvalue weighted by atomic mass is 16.5. The summed E-state index contributed by atoms with van der Waals surface area (Å²) in [5.74, 6) is 0.264. The molecule has 0 bridgehead atoms. The normalized spacial score (nSPS) is 11.4. The maximum atomic E-state index is 11.7. The lowest BCUT2D eigenvalue weighted by Crippen LogP contribution is -2.26. The maximum absolute atomic E-state index is 11.7. The van der Waals surface area contributed by atoms with E-state index in [1.54, 1.807) is 0 Å². The lowest BCUT2D eigenvalue weighted by atomic mass is 9.87. The Morgan fingerprint density at radius 2 is 1.58 bits per heavy atom. The van der Waals surface area contributed by atoms with Crippen molar-refractivity contribution in [2.24, 2.45) is 5.41 Å². The number of ketones is 1. The van der Waals surface area contributed by atoms with Crippen LogP contribution in [0.3, 0.4) is 0 Å². The minimum Gasteiger partial charge on any atom is -0.466 e. The van der Waals surface area contributed by atoms with Crippen molar-refractivity contribution < 1.29 is 14.3 Å². The molecule has 0 fully saturated rings. The molecule has 0 aromatic rings. The van der Waals surface area contributed by atoms with E-state index < -0.39 is 5.41 Å². The second-order valence-electron chi connectivity index (χ2n) is 5.81. The molecule has 0 aliphatic heterocycles. The molecule has 3 nitrogen and oxygen atoms in total. The number of carbonyl (C=O) groups excluding carboxylic acids is 2. The molecule has 0 rings (SSSR count). The number of ether oxygens (including phenoxy) is 1. The van der Waals surface area contributed by atoms with Gasteiger partial charge in [-0.15, -0.1) is 0 Å². The van der Waals surface area contributed by atoms with Crippen LogP contribution in [0.5, 0.6) is 0 Å². The summed E-state index contributed by atoms with van der Waals surface area (Å²) in [6.07, 6.45) is 7.28. The van der Waals surface area contributed by atoms with Crippen molar-refractivity contribution in [2.75, 3.05) is 6.61 Å². The molecule has 0 unspecified atom stereocenters. The molecule has 0 aliphatic carbocycles. The van der Waals surface area contributed by atoms with Crippen molar-refractivity contribution in [2.45, 2.75) is 79.1 Å². The van der Waals surface area contributed by atoms with E-state index in [0.717, 1.165) is 44.9 Å². The van der Waals surface area contributed by atoms with Crippen LogP contribution in [0.2, 0.25) is 0 Å². The number of hydrogen-bond acceptors (Lipinski definition) is 3. The van der Waals surface area contributed by atoms with E-state index in [-0.39, 0.29) is 5.97 Å². The van der Waals surface area contributed by atoms with Crippen LogP contribution in [-0.4, -0.2) is 18.4 Å². The number of hydrogen-bond donors (Lipinski definition) is 0. The molecule has 0 aromatic carbocycles. The summed E-state index contributed by atoms with van der Waals surface area (Å²) in [6.45, 7) is 8.23. The van der Waals surface area contributed by atoms with Crippen LogP contribution in [-0.2, 0) is 14.3 Å². The maximum Gasteiger partial charge on any atom is 0.311 e. The molecular formula is C16H30O3. The summed E-state index contributed by atoms with van der Waals surface area (Å²) >= 11 is 0. The van der Waals surface area contributed by atoms with Crippen LogP contribution in [0.25, 0.3) is 0 Å². The Kier molecular flexibility index (Phi) is 9.54. The van der Waals surface area contributed by atoms with Crippen LogP contribution in [0.15, 0.2) is 0 Å². The zero-order chi connectivity index (χ0) is 14.7. The van der Waals surface area contributed by atoms with Gasteiger partial charge < -0.3 is 4.74 Å². The van der Waals surface area contributed by atoms with Crippen molar-refractivity contribution in [1.82, 2.24) is 0 Å². The van der Waals surface area contributed by atoms with Gasteiger partial charge in [0.05, 0.1) is 12.0 Å². The molecule has 0 saturated heterocycles. The molecule has 0 radical (unpaired) electrons. The molecule has 0 N–H and O–H groups in total. The number of carbonyl (C=O) groups is 2. The van der Waals surface area contributed by atoms with Gasteiger partial charge in [0.1, 0.15) is 5.78 Å². The highest BCUT2D eigenvalue weighted by Gasteiger charge is 2.28. The fraction of sp³-hybridized carbons (Fsp3) is 0.875. The molecule has 0 amide bonds. The zero-order valence-corrected chi connectivity index (χ0v) is 13.1. The van der Waals surface area contributed by atoms with E-state index in [9.17, 15) is 9.59 Å². The molecule has 0 heterocycles. The van der Waals surface area contributed by atoms with E-state index in [4.69, 9.17) is 4.74 Å². The van der Waals surface area contributed by atoms with Crippen LogP contribution < -0.4 is 0 Å². The zero-order valence-electron chi connectivity index (χ0n) is 13.1. The van der Waals surface area contributed by atoms with Crippen molar-refractivity contribution in [3.8, 4) is 0 Å². The Bertz CT molecular complexity index is 269. The van der Waals surface area contributed by atoms with Crippen LogP contribution >= 0.6 is 0 Å². The smallest absolute Gasteiger partial charge is 0.311 e. The van der Waals surface area contributed by atoms with Gasteiger partial charge in [-0.25, -0.2) is 0 Å². The Labute approximate surface area is 118 Å². The van der Waals surface area contributed by atoms with Crippen LogP contribution in [0.1, 0.15) is 79.1 Å². The van der Waals surface area contributed by atoms with Gasteiger partial charge in [-0.3, -0.25) is 9.59 Å². The Balaban J connectivity index is 3.68. The standard InChI is InChI=1S/C16H30O3/c1-5-7-11-14(17)12-9-8-10-13-16(3,4)15(18)19-6-2/h5-13H2,1-4H3. The Hall–Kier alpha value is -0.860. The predicted octanol–water partition coefficient (Wildman–Crippen LogP) is 4.29. The fourth-order valence-electron chi connectivity index (χ4n) is 1.99. The monoisotopic (exact) mass is 270 g/mol. The van der Waals surface area contributed by atoms with Gasteiger partial charge in [0, 0.05) is 12.8 Å². The van der Waals surface area contributed by atoms with Gasteiger partial charge in [-0.2, -0.15) is 0 Å². The minimum atomic E-state index is -0.401. The van der Waals surface area contributed by atoms with Crippen LogP contribution in [0.4, 0.5) is 0 Å². The molecule has 3 heteroatoms. The molecule has 19 heavy (non-hydrogen) atoms. The minimum absolute atomic E-state index is 0.117. The average Bonchev–Trinajstić information content (AvgIpc) is 2.36. The third-order valence-electron chi connectivity index (χ3n) is 3.39. The van der Waals surface area contributed by atoms with Crippen molar-refractivity contribution >= 4 is 11.8 Å². The van der Waals surface area contributed by atoms with Crippen molar-refractivity contribution in [3.05, 3.63) is 0 Å². The summed E-state index contributed by atoms with van der Waals surface area (Å²) in [6, 6.07) is 0. The van der Waals surface area contributed by atoms with Gasteiger partial charge in [0.15, 0.2) is 0 Å². The molecule has 0 spiro atoms. The van der Waals surface area contributed by atoms with Gasteiger partial charge in [-0.05, 0) is 40.0 Å². The average molecular weight is 270 g/mol. The number of rotatable bonds is 11. The Morgan fingerprint density at radius 3 is 2.16 bits per heavy atom. The molecule has 0 aliphatic rings. The van der Waals surface area contributed by atoms with Gasteiger partial charge in [0.2, 0.25) is 0 Å². The van der Waals surface area contributed by atoms with E-state index in [1.807, 2.05) is 20.8 Å². The van der Waals surface area contributed by atoms with Crippen LogP contribution in [0, 0.1) is 5.41 Å². The Morgan fingerprint density at radius 1 is 0.947 bits per heavy atom. The van der Waals surface area contributed by atoms with Crippen molar-refractivity contribution in [3.63, 3.8) is 0 Å². The fourth-order valence-corrected chi connectivity index (χ4v) is 1.99. The third-order valence-corrected chi connectivity index (χ3v) is 3.39. The van der Waals surface area contributed by atoms with E-state index in [0.29, 0.717) is 18.8 Å². The quantitative estimate of drug-likeness (QED) is 0.415. The second kappa shape index (κ2) is 9.99. The highest BCUT2D eigenvalue weighted by Crippen LogP contribution is 2.25. The van der Waals surface area contributed by atoms with Gasteiger partial charge >= 0.3 is 5.97 Å². The number of unbranched alkanes of at least 4 members (excludes halogenated alkanes) is 3. The third kappa shape index (κ3) is 8.79. The van der Waals surface area contributed by atoms with Crippen molar-refractivity contribution in [1.29, 1.82) is 0 Å². The first-order chi connectivity index (χ1) is 8.94. The lowest BCUT2D eigenvalue weighted by Gasteiger charge is -2.21. The van der Waals surface area contributed by atoms with E-state index in [1.165, 1.54) is 0 Å². The van der Waals surface area contributed by atoms with Gasteiger partial charge in [-0.1, -0.05) is 26.2 Å². The summed E-state index contributed by atoms with van der Waals surface area (Å²) < 4.78 is 5.05. The lowest BCUT2D eigenvalue weighted by molar-refractivity contribution is -0.153. The van der Waals surface area contributed by atoms with Gasteiger partial charge in [0.25, 0.3) is 0 Å². The molecular weight excluding hydrogens is 240 g/mol. The first-order valence-electron chi connectivity index (χ1n) is 7.63. The molecule has 112 valence electrons. The number of esters is 1. The first kappa shape index (κ1) is 18.1. The predicted molar refractivity (Wildman–Crippen MR) is 78.0 cm³/mol. The summed E-state index contributed by atoms with van der Waals surface area (Å²) in [5, 5.41) is 0. The van der Waals surface area contributed by atoms with E-state index >= 15 is 0 Å².